The van der Waals surface area contributed by atoms with Gasteiger partial charge in [-0.25, -0.2) is 0 Å². The van der Waals surface area contributed by atoms with E-state index in [1.165, 1.54) is 5.56 Å². The Kier molecular flexibility index (Phi) is 5.31. The van der Waals surface area contributed by atoms with Crippen LogP contribution in [0.2, 0.25) is 0 Å². The molecule has 1 aromatic rings. The van der Waals surface area contributed by atoms with Crippen molar-refractivity contribution in [3.8, 4) is 0 Å². The minimum Gasteiger partial charge on any atom is -0.391 e. The average molecular weight is 260 g/mol. The zero-order valence-electron chi connectivity index (χ0n) is 12.6. The van der Waals surface area contributed by atoms with Crippen molar-refractivity contribution in [1.29, 1.82) is 0 Å². The van der Waals surface area contributed by atoms with Gasteiger partial charge < -0.3 is 4.84 Å². The van der Waals surface area contributed by atoms with Gasteiger partial charge in [0.15, 0.2) is 0 Å². The van der Waals surface area contributed by atoms with E-state index in [4.69, 9.17) is 4.84 Å². The van der Waals surface area contributed by atoms with Crippen molar-refractivity contribution < 1.29 is 4.84 Å². The minimum atomic E-state index is -0.212. The number of aryl methyl sites for hydroxylation is 1. The van der Waals surface area contributed by atoms with Gasteiger partial charge in [0.05, 0.1) is 5.54 Å². The fourth-order valence-corrected chi connectivity index (χ4v) is 1.60. The SMILES string of the molecule is C=CCON=C(c1ccc(C)cc1)C(C)(C)N(C)C. The normalized spacial score (nSPS) is 12.6. The first kappa shape index (κ1) is 15.4. The second kappa shape index (κ2) is 6.53. The zero-order valence-corrected chi connectivity index (χ0v) is 12.6. The van der Waals surface area contributed by atoms with Gasteiger partial charge >= 0.3 is 0 Å². The van der Waals surface area contributed by atoms with Crippen LogP contribution in [0, 0.1) is 6.92 Å². The van der Waals surface area contributed by atoms with Gasteiger partial charge in [0.1, 0.15) is 12.3 Å². The molecule has 104 valence electrons. The highest BCUT2D eigenvalue weighted by molar-refractivity contribution is 6.06. The van der Waals surface area contributed by atoms with Crippen LogP contribution in [0.15, 0.2) is 42.1 Å². The van der Waals surface area contributed by atoms with Gasteiger partial charge in [-0.1, -0.05) is 47.6 Å². The Morgan fingerprint density at radius 2 is 1.89 bits per heavy atom. The highest BCUT2D eigenvalue weighted by Crippen LogP contribution is 2.20. The average Bonchev–Trinajstić information content (AvgIpc) is 2.36. The molecular weight excluding hydrogens is 236 g/mol. The Labute approximate surface area is 116 Å². The molecule has 0 amide bonds. The number of nitrogens with zero attached hydrogens (tertiary/aromatic N) is 2. The van der Waals surface area contributed by atoms with Crippen LogP contribution in [0.4, 0.5) is 0 Å². The number of rotatable bonds is 6. The van der Waals surface area contributed by atoms with Crippen LogP contribution >= 0.6 is 0 Å². The molecule has 0 unspecified atom stereocenters. The van der Waals surface area contributed by atoms with Crippen molar-refractivity contribution in [2.75, 3.05) is 20.7 Å². The van der Waals surface area contributed by atoms with Gasteiger partial charge in [0, 0.05) is 5.56 Å². The molecule has 0 aromatic heterocycles. The monoisotopic (exact) mass is 260 g/mol. The van der Waals surface area contributed by atoms with E-state index in [2.05, 4.69) is 61.7 Å². The molecule has 3 nitrogen and oxygen atoms in total. The van der Waals surface area contributed by atoms with E-state index in [-0.39, 0.29) is 5.54 Å². The van der Waals surface area contributed by atoms with Gasteiger partial charge in [-0.2, -0.15) is 0 Å². The standard InChI is InChI=1S/C16H24N2O/c1-7-12-19-17-15(16(3,4)18(5)6)14-10-8-13(2)9-11-14/h7-11H,1,12H2,2-6H3. The number of hydrogen-bond acceptors (Lipinski definition) is 3. The molecule has 19 heavy (non-hydrogen) atoms. The Bertz CT molecular complexity index is 444. The molecule has 0 saturated heterocycles. The van der Waals surface area contributed by atoms with Gasteiger partial charge in [-0.15, -0.1) is 0 Å². The fourth-order valence-electron chi connectivity index (χ4n) is 1.60. The molecule has 3 heteroatoms. The first-order valence-corrected chi connectivity index (χ1v) is 6.45. The lowest BCUT2D eigenvalue weighted by Crippen LogP contribution is -2.46. The van der Waals surface area contributed by atoms with Crippen molar-refractivity contribution in [3.63, 3.8) is 0 Å². The Hall–Kier alpha value is -1.61. The Morgan fingerprint density at radius 1 is 1.32 bits per heavy atom. The van der Waals surface area contributed by atoms with Crippen LogP contribution in [-0.2, 0) is 4.84 Å². The topological polar surface area (TPSA) is 24.8 Å². The summed E-state index contributed by atoms with van der Waals surface area (Å²) in [5, 5.41) is 4.31. The molecule has 0 aliphatic rings. The van der Waals surface area contributed by atoms with Gasteiger partial charge in [0.25, 0.3) is 0 Å². The highest BCUT2D eigenvalue weighted by atomic mass is 16.6. The lowest BCUT2D eigenvalue weighted by atomic mass is 9.91. The summed E-state index contributed by atoms with van der Waals surface area (Å²) in [5.41, 5.74) is 3.02. The third-order valence-corrected chi connectivity index (χ3v) is 3.37. The van der Waals surface area contributed by atoms with E-state index >= 15 is 0 Å². The molecule has 0 N–H and O–H groups in total. The molecule has 1 aromatic carbocycles. The summed E-state index contributed by atoms with van der Waals surface area (Å²) in [4.78, 5) is 7.44. The van der Waals surface area contributed by atoms with Crippen LogP contribution in [0.1, 0.15) is 25.0 Å². The van der Waals surface area contributed by atoms with Crippen LogP contribution in [0.5, 0.6) is 0 Å². The lowest BCUT2D eigenvalue weighted by Gasteiger charge is -2.33. The predicted octanol–water partition coefficient (Wildman–Crippen LogP) is 3.24. The van der Waals surface area contributed by atoms with Crippen molar-refractivity contribution >= 4 is 5.71 Å². The smallest absolute Gasteiger partial charge is 0.135 e. The summed E-state index contributed by atoms with van der Waals surface area (Å²) in [5.74, 6) is 0. The first-order valence-electron chi connectivity index (χ1n) is 6.45. The minimum absolute atomic E-state index is 0.212. The molecule has 0 bridgehead atoms. The van der Waals surface area contributed by atoms with E-state index < -0.39 is 0 Å². The van der Waals surface area contributed by atoms with Crippen LogP contribution in [0.25, 0.3) is 0 Å². The molecule has 0 radical (unpaired) electrons. The number of likely N-dealkylation sites (N-methyl/N-ethyl adjacent to an activating group) is 1. The number of oxime groups is 1. The van der Waals surface area contributed by atoms with E-state index in [1.807, 2.05) is 14.1 Å². The first-order chi connectivity index (χ1) is 8.89. The third kappa shape index (κ3) is 3.93. The molecule has 1 rings (SSSR count). The summed E-state index contributed by atoms with van der Waals surface area (Å²) in [6.45, 7) is 10.4. The summed E-state index contributed by atoms with van der Waals surface area (Å²) in [6, 6.07) is 8.33. The molecule has 0 saturated carbocycles. The maximum atomic E-state index is 5.31. The quantitative estimate of drug-likeness (QED) is 0.339. The summed E-state index contributed by atoms with van der Waals surface area (Å²) >= 11 is 0. The summed E-state index contributed by atoms with van der Waals surface area (Å²) in [6.07, 6.45) is 1.69. The molecule has 0 heterocycles. The van der Waals surface area contributed by atoms with Crippen LogP contribution in [-0.4, -0.2) is 36.9 Å². The van der Waals surface area contributed by atoms with E-state index in [0.717, 1.165) is 11.3 Å². The van der Waals surface area contributed by atoms with E-state index in [0.29, 0.717) is 6.61 Å². The molecular formula is C16H24N2O. The van der Waals surface area contributed by atoms with Crippen LogP contribution in [0.3, 0.4) is 0 Å². The molecule has 0 aliphatic carbocycles. The second-order valence-electron chi connectivity index (χ2n) is 5.34. The lowest BCUT2D eigenvalue weighted by molar-refractivity contribution is 0.166. The van der Waals surface area contributed by atoms with Crippen LogP contribution < -0.4 is 0 Å². The predicted molar refractivity (Wildman–Crippen MR) is 81.6 cm³/mol. The highest BCUT2D eigenvalue weighted by Gasteiger charge is 2.29. The summed E-state index contributed by atoms with van der Waals surface area (Å²) in [7, 11) is 4.08. The number of benzene rings is 1. The largest absolute Gasteiger partial charge is 0.391 e. The number of hydrogen-bond donors (Lipinski definition) is 0. The molecule has 0 atom stereocenters. The van der Waals surface area contributed by atoms with Crippen molar-refractivity contribution in [1.82, 2.24) is 4.90 Å². The maximum Gasteiger partial charge on any atom is 0.135 e. The molecule has 0 fully saturated rings. The van der Waals surface area contributed by atoms with Crippen molar-refractivity contribution in [2.45, 2.75) is 26.3 Å². The molecule has 0 aliphatic heterocycles. The zero-order chi connectivity index (χ0) is 14.5. The Balaban J connectivity index is 3.15. The Morgan fingerprint density at radius 3 is 2.37 bits per heavy atom. The van der Waals surface area contributed by atoms with Crippen molar-refractivity contribution in [3.05, 3.63) is 48.0 Å². The third-order valence-electron chi connectivity index (χ3n) is 3.37. The summed E-state index contributed by atoms with van der Waals surface area (Å²) < 4.78 is 0. The van der Waals surface area contributed by atoms with Gasteiger partial charge in [-0.3, -0.25) is 4.90 Å². The maximum absolute atomic E-state index is 5.31. The van der Waals surface area contributed by atoms with E-state index in [1.54, 1.807) is 6.08 Å². The van der Waals surface area contributed by atoms with Crippen molar-refractivity contribution in [2.24, 2.45) is 5.16 Å². The van der Waals surface area contributed by atoms with E-state index in [9.17, 15) is 0 Å². The van der Waals surface area contributed by atoms with Gasteiger partial charge in [-0.05, 0) is 34.9 Å². The van der Waals surface area contributed by atoms with Gasteiger partial charge in [0.2, 0.25) is 0 Å². The fraction of sp³-hybridized carbons (Fsp3) is 0.438. The molecule has 0 spiro atoms. The second-order valence-corrected chi connectivity index (χ2v) is 5.34.